The third-order valence-electron chi connectivity index (χ3n) is 3.19. The standard InChI is InChI=1S/C9H16F3NO3S/c10-9(11,12)17(15,16)13-6-8(7-14)4-2-1-3-5-8/h13-14H,1-7H2. The van der Waals surface area contributed by atoms with E-state index in [2.05, 4.69) is 0 Å². The molecule has 0 amide bonds. The number of hydrogen-bond acceptors (Lipinski definition) is 3. The number of rotatable bonds is 4. The summed E-state index contributed by atoms with van der Waals surface area (Å²) in [5.41, 5.74) is -6.03. The summed E-state index contributed by atoms with van der Waals surface area (Å²) >= 11 is 0. The Labute approximate surface area is 98.3 Å². The van der Waals surface area contributed by atoms with Gasteiger partial charge >= 0.3 is 15.5 Å². The smallest absolute Gasteiger partial charge is 0.396 e. The third kappa shape index (κ3) is 3.56. The minimum Gasteiger partial charge on any atom is -0.396 e. The van der Waals surface area contributed by atoms with E-state index in [-0.39, 0.29) is 13.2 Å². The van der Waals surface area contributed by atoms with Gasteiger partial charge in [0.25, 0.3) is 0 Å². The van der Waals surface area contributed by atoms with E-state index in [1.807, 2.05) is 0 Å². The molecule has 0 bridgehead atoms. The molecule has 0 radical (unpaired) electrons. The summed E-state index contributed by atoms with van der Waals surface area (Å²) in [6.07, 6.45) is 3.66. The molecule has 0 aliphatic heterocycles. The van der Waals surface area contributed by atoms with Gasteiger partial charge in [-0.2, -0.15) is 13.2 Å². The minimum absolute atomic E-state index is 0.298. The second-order valence-electron chi connectivity index (χ2n) is 4.49. The summed E-state index contributed by atoms with van der Waals surface area (Å²) in [4.78, 5) is 0. The maximum atomic E-state index is 12.1. The molecule has 0 aromatic heterocycles. The molecule has 17 heavy (non-hydrogen) atoms. The summed E-state index contributed by atoms with van der Waals surface area (Å²) < 4.78 is 59.5. The van der Waals surface area contributed by atoms with Crippen molar-refractivity contribution >= 4 is 10.0 Å². The molecule has 0 unspecified atom stereocenters. The van der Waals surface area contributed by atoms with Crippen molar-refractivity contribution in [3.63, 3.8) is 0 Å². The second-order valence-corrected chi connectivity index (χ2v) is 6.25. The van der Waals surface area contributed by atoms with E-state index in [1.165, 1.54) is 0 Å². The molecule has 1 aliphatic rings. The van der Waals surface area contributed by atoms with Gasteiger partial charge in [-0.15, -0.1) is 0 Å². The van der Waals surface area contributed by atoms with Crippen LogP contribution in [0.2, 0.25) is 0 Å². The first-order valence-electron chi connectivity index (χ1n) is 5.39. The largest absolute Gasteiger partial charge is 0.511 e. The molecule has 1 rings (SSSR count). The van der Waals surface area contributed by atoms with Crippen molar-refractivity contribution in [3.8, 4) is 0 Å². The maximum Gasteiger partial charge on any atom is 0.511 e. The van der Waals surface area contributed by atoms with Gasteiger partial charge in [-0.05, 0) is 12.8 Å². The molecular weight excluding hydrogens is 259 g/mol. The van der Waals surface area contributed by atoms with Crippen LogP contribution < -0.4 is 4.72 Å². The normalized spacial score (nSPS) is 21.4. The molecule has 2 N–H and O–H groups in total. The molecule has 0 aromatic carbocycles. The van der Waals surface area contributed by atoms with Crippen LogP contribution in [0.5, 0.6) is 0 Å². The fourth-order valence-corrected chi connectivity index (χ4v) is 2.68. The maximum absolute atomic E-state index is 12.1. The molecule has 1 fully saturated rings. The number of nitrogens with one attached hydrogen (secondary N) is 1. The summed E-state index contributed by atoms with van der Waals surface area (Å²) in [6, 6.07) is 0. The Morgan fingerprint density at radius 2 is 1.71 bits per heavy atom. The van der Waals surface area contributed by atoms with Crippen molar-refractivity contribution in [2.75, 3.05) is 13.2 Å². The van der Waals surface area contributed by atoms with Gasteiger partial charge < -0.3 is 5.11 Å². The van der Waals surface area contributed by atoms with Crippen molar-refractivity contribution < 1.29 is 26.7 Å². The van der Waals surface area contributed by atoms with Crippen LogP contribution in [0.1, 0.15) is 32.1 Å². The van der Waals surface area contributed by atoms with Crippen molar-refractivity contribution in [3.05, 3.63) is 0 Å². The lowest BCUT2D eigenvalue weighted by Crippen LogP contribution is -2.45. The monoisotopic (exact) mass is 275 g/mol. The van der Waals surface area contributed by atoms with Crippen LogP contribution in [0.3, 0.4) is 0 Å². The first-order chi connectivity index (χ1) is 7.72. The SMILES string of the molecule is O=S(=O)(NCC1(CO)CCCCC1)C(F)(F)F. The van der Waals surface area contributed by atoms with E-state index in [0.717, 1.165) is 19.3 Å². The van der Waals surface area contributed by atoms with Gasteiger partial charge in [0.1, 0.15) is 0 Å². The summed E-state index contributed by atoms with van der Waals surface area (Å²) in [5.74, 6) is 0. The Morgan fingerprint density at radius 1 is 1.18 bits per heavy atom. The zero-order chi connectivity index (χ0) is 13.2. The fraction of sp³-hybridized carbons (Fsp3) is 1.00. The Bertz CT molecular complexity index is 347. The van der Waals surface area contributed by atoms with Crippen LogP contribution in [0, 0.1) is 5.41 Å². The van der Waals surface area contributed by atoms with Gasteiger partial charge in [-0.25, -0.2) is 13.1 Å². The van der Waals surface area contributed by atoms with Gasteiger partial charge in [0.15, 0.2) is 0 Å². The molecule has 0 saturated heterocycles. The lowest BCUT2D eigenvalue weighted by molar-refractivity contribution is -0.0453. The first-order valence-corrected chi connectivity index (χ1v) is 6.88. The van der Waals surface area contributed by atoms with Crippen LogP contribution in [0.25, 0.3) is 0 Å². The van der Waals surface area contributed by atoms with Crippen molar-refractivity contribution in [2.24, 2.45) is 5.41 Å². The van der Waals surface area contributed by atoms with Crippen molar-refractivity contribution in [2.45, 2.75) is 37.6 Å². The fourth-order valence-electron chi connectivity index (χ4n) is 2.02. The number of aliphatic hydroxyl groups excluding tert-OH is 1. The van der Waals surface area contributed by atoms with Crippen LogP contribution in [0.15, 0.2) is 0 Å². The molecule has 0 spiro atoms. The summed E-state index contributed by atoms with van der Waals surface area (Å²) in [6.45, 7) is -0.654. The number of hydrogen-bond donors (Lipinski definition) is 2. The number of alkyl halides is 3. The molecule has 0 heterocycles. The summed E-state index contributed by atoms with van der Waals surface area (Å²) in [5, 5.41) is 9.23. The predicted octanol–water partition coefficient (Wildman–Crippen LogP) is 1.37. The minimum atomic E-state index is -5.31. The van der Waals surface area contributed by atoms with Crippen molar-refractivity contribution in [1.29, 1.82) is 0 Å². The van der Waals surface area contributed by atoms with Gasteiger partial charge in [-0.3, -0.25) is 0 Å². The molecule has 102 valence electrons. The molecule has 8 heteroatoms. The average Bonchev–Trinajstić information content (AvgIpc) is 2.26. The zero-order valence-electron chi connectivity index (χ0n) is 9.26. The number of sulfonamides is 1. The first kappa shape index (κ1) is 14.7. The van der Waals surface area contributed by atoms with E-state index in [1.54, 1.807) is 4.72 Å². The highest BCUT2D eigenvalue weighted by molar-refractivity contribution is 7.90. The second kappa shape index (κ2) is 5.11. The predicted molar refractivity (Wildman–Crippen MR) is 55.6 cm³/mol. The van der Waals surface area contributed by atoms with E-state index in [4.69, 9.17) is 0 Å². The Hall–Kier alpha value is -0.340. The Balaban J connectivity index is 2.65. The average molecular weight is 275 g/mol. The zero-order valence-corrected chi connectivity index (χ0v) is 10.1. The van der Waals surface area contributed by atoms with Gasteiger partial charge in [0, 0.05) is 18.6 Å². The molecule has 0 atom stereocenters. The summed E-state index contributed by atoms with van der Waals surface area (Å²) in [7, 11) is -5.31. The van der Waals surface area contributed by atoms with Gasteiger partial charge in [0.2, 0.25) is 0 Å². The van der Waals surface area contributed by atoms with Crippen LogP contribution in [-0.4, -0.2) is 32.2 Å². The lowest BCUT2D eigenvalue weighted by Gasteiger charge is -2.35. The van der Waals surface area contributed by atoms with Crippen molar-refractivity contribution in [1.82, 2.24) is 4.72 Å². The molecular formula is C9H16F3NO3S. The number of halogens is 3. The van der Waals surface area contributed by atoms with E-state index < -0.39 is 20.9 Å². The topological polar surface area (TPSA) is 66.4 Å². The number of aliphatic hydroxyl groups is 1. The van der Waals surface area contributed by atoms with Crippen LogP contribution in [0.4, 0.5) is 13.2 Å². The Kier molecular flexibility index (Phi) is 4.43. The molecule has 4 nitrogen and oxygen atoms in total. The lowest BCUT2D eigenvalue weighted by atomic mass is 9.75. The highest BCUT2D eigenvalue weighted by atomic mass is 32.2. The highest BCUT2D eigenvalue weighted by Gasteiger charge is 2.47. The van der Waals surface area contributed by atoms with Crippen LogP contribution in [-0.2, 0) is 10.0 Å². The van der Waals surface area contributed by atoms with E-state index in [9.17, 15) is 26.7 Å². The molecule has 0 aromatic rings. The Morgan fingerprint density at radius 3 is 2.12 bits per heavy atom. The quantitative estimate of drug-likeness (QED) is 0.814. The molecule has 1 saturated carbocycles. The highest BCUT2D eigenvalue weighted by Crippen LogP contribution is 2.35. The van der Waals surface area contributed by atoms with Gasteiger partial charge in [0.05, 0.1) is 0 Å². The third-order valence-corrected chi connectivity index (χ3v) is 4.33. The van der Waals surface area contributed by atoms with Crippen LogP contribution >= 0.6 is 0 Å². The van der Waals surface area contributed by atoms with Gasteiger partial charge in [-0.1, -0.05) is 19.3 Å². The van der Waals surface area contributed by atoms with E-state index in [0.29, 0.717) is 12.8 Å². The molecule has 1 aliphatic carbocycles. The van der Waals surface area contributed by atoms with E-state index >= 15 is 0 Å².